The maximum Gasteiger partial charge on any atom is 0.251 e. The number of hydrogen-bond acceptors (Lipinski definition) is 17. The second kappa shape index (κ2) is 40.0. The molecule has 12 aromatic carbocycles. The standard InChI is InChI=1S/C28H28N4O.C27H27N5O2.2C24H20N4O2/c1-19-3-9-27(10-4-19)32-18-28(30-31-32)26-16-24(20(2)33)15-25(17-26)22-7-5-21(6-8-22)23-11-13-29-14-12-23;1-18-4-6-21(7-5-18)26-17-32(31-30-26)25-15-23(19(2)33)14-24(16-25)20-8-10-22(11-9-20)27(34)29-13-3-12-28;1-15-3-9-22(10-4-15)28-14-23(26-27-28)21-12-19(16(2)29)11-20(13-21)17-5-7-18(8-6-17)24(25)30;1-15-3-5-18(6-4-15)23-14-28(27-26-23)22-12-20(16(2)29)11-21(13-22)17-7-9-19(10-8-17)24(25)30/h3-10,15-18,23,29H,11-14H2,1-2H3;4-11,14-17H,3,12-13,28H2,1-2H3,(H,29,34);2*3-14H,1-2H3,(H2,25,30). The molecule has 0 saturated carbocycles. The van der Waals surface area contributed by atoms with Crippen LogP contribution in [0.25, 0.3) is 112 Å². The van der Waals surface area contributed by atoms with Crippen molar-refractivity contribution in [2.45, 2.75) is 80.6 Å². The number of nitrogens with one attached hydrogen (secondary N) is 2. The lowest BCUT2D eigenvalue weighted by atomic mass is 9.89. The molecule has 1 fully saturated rings. The molecule has 16 aromatic rings. The van der Waals surface area contributed by atoms with E-state index in [0.717, 1.165) is 126 Å². The van der Waals surface area contributed by atoms with Crippen LogP contribution in [-0.2, 0) is 0 Å². The molecular formula is C103H95N17O7. The van der Waals surface area contributed by atoms with Crippen LogP contribution in [0.5, 0.6) is 0 Å². The molecule has 1 aliphatic heterocycles. The van der Waals surface area contributed by atoms with E-state index < -0.39 is 11.8 Å². The molecule has 0 radical (unpaired) electrons. The minimum Gasteiger partial charge on any atom is -0.366 e. The average Bonchev–Trinajstić information content (AvgIpc) is 1.77. The monoisotopic (exact) mass is 1680 g/mol. The fraction of sp³-hybridized carbons (Fsp3) is 0.155. The first-order valence-corrected chi connectivity index (χ1v) is 41.7. The van der Waals surface area contributed by atoms with Crippen molar-refractivity contribution in [2.24, 2.45) is 17.2 Å². The molecule has 24 heteroatoms. The van der Waals surface area contributed by atoms with E-state index in [1.54, 1.807) is 74.2 Å². The summed E-state index contributed by atoms with van der Waals surface area (Å²) < 4.78 is 6.80. The first kappa shape index (κ1) is 87.6. The Bertz CT molecular complexity index is 6470. The van der Waals surface area contributed by atoms with Crippen molar-refractivity contribution in [3.05, 3.63) is 358 Å². The van der Waals surface area contributed by atoms with Crippen molar-refractivity contribution in [1.29, 1.82) is 0 Å². The van der Waals surface area contributed by atoms with Gasteiger partial charge in [0.15, 0.2) is 23.1 Å². The molecule has 0 atom stereocenters. The van der Waals surface area contributed by atoms with E-state index in [-0.39, 0.29) is 29.0 Å². The van der Waals surface area contributed by atoms with Crippen LogP contribution in [0.15, 0.2) is 292 Å². The van der Waals surface area contributed by atoms with Crippen LogP contribution in [-0.4, -0.2) is 127 Å². The highest BCUT2D eigenvalue weighted by Gasteiger charge is 2.21. The quantitative estimate of drug-likeness (QED) is 0.0293. The van der Waals surface area contributed by atoms with E-state index in [4.69, 9.17) is 17.2 Å². The van der Waals surface area contributed by atoms with Crippen LogP contribution in [0.3, 0.4) is 0 Å². The maximum absolute atomic E-state index is 12.3. The van der Waals surface area contributed by atoms with Crippen LogP contribution in [0, 0.1) is 27.7 Å². The Morgan fingerprint density at radius 2 is 0.606 bits per heavy atom. The van der Waals surface area contributed by atoms with Gasteiger partial charge in [-0.2, -0.15) is 0 Å². The highest BCUT2D eigenvalue weighted by molar-refractivity contribution is 6.00. The molecule has 24 nitrogen and oxygen atoms in total. The summed E-state index contributed by atoms with van der Waals surface area (Å²) >= 11 is 0. The summed E-state index contributed by atoms with van der Waals surface area (Å²) in [6, 6.07) is 85.0. The van der Waals surface area contributed by atoms with Crippen molar-refractivity contribution in [3.8, 4) is 112 Å². The van der Waals surface area contributed by atoms with Gasteiger partial charge < -0.3 is 27.8 Å². The summed E-state index contributed by atoms with van der Waals surface area (Å²) in [5.74, 6) is -0.573. The van der Waals surface area contributed by atoms with Crippen molar-refractivity contribution in [3.63, 3.8) is 0 Å². The van der Waals surface area contributed by atoms with Gasteiger partial charge >= 0.3 is 0 Å². The molecule has 5 heterocycles. The number of benzene rings is 12. The molecule has 634 valence electrons. The van der Waals surface area contributed by atoms with Gasteiger partial charge in [0.2, 0.25) is 11.8 Å². The zero-order valence-corrected chi connectivity index (χ0v) is 71.7. The second-order valence-electron chi connectivity index (χ2n) is 31.5. The third kappa shape index (κ3) is 22.2. The molecule has 0 spiro atoms. The van der Waals surface area contributed by atoms with Crippen molar-refractivity contribution in [1.82, 2.24) is 70.6 Å². The molecule has 1 aliphatic rings. The minimum atomic E-state index is -0.481. The SMILES string of the molecule is CC(=O)c1cc(-c2ccc(C(=O)NCCCN)cc2)cc(-n2cc(-c3ccc(C)cc3)nn2)c1.CC(=O)c1cc(-c2ccc(C(N)=O)cc2)cc(-c2cn(-c3ccc(C)cc3)nn2)c1.CC(=O)c1cc(-c2ccc(C(N)=O)cc2)cc(-n2cc(-c3ccc(C)cc3)nn2)c1.CC(=O)c1cc(-c2ccc(C3CCNCC3)cc2)cc(-c2cn(-c3ccc(C)cc3)nn2)c1. The number of nitrogens with two attached hydrogens (primary N) is 3. The van der Waals surface area contributed by atoms with Crippen LogP contribution in [0.2, 0.25) is 0 Å². The van der Waals surface area contributed by atoms with E-state index in [0.29, 0.717) is 63.6 Å². The fourth-order valence-corrected chi connectivity index (χ4v) is 14.4. The topological polar surface area (TPSA) is 344 Å². The Morgan fingerprint density at radius 1 is 0.323 bits per heavy atom. The summed E-state index contributed by atoms with van der Waals surface area (Å²) in [6.07, 6.45) is 10.5. The van der Waals surface area contributed by atoms with Gasteiger partial charge in [0, 0.05) is 67.7 Å². The molecular weight excluding hydrogens is 1590 g/mol. The van der Waals surface area contributed by atoms with Gasteiger partial charge in [0.05, 0.1) is 47.5 Å². The number of ketones is 4. The summed E-state index contributed by atoms with van der Waals surface area (Å²) in [5.41, 5.74) is 43.2. The predicted molar refractivity (Wildman–Crippen MR) is 496 cm³/mol. The van der Waals surface area contributed by atoms with Crippen molar-refractivity contribution >= 4 is 40.9 Å². The van der Waals surface area contributed by atoms with Crippen molar-refractivity contribution < 1.29 is 33.6 Å². The number of carbonyl (C=O) groups is 7. The summed E-state index contributed by atoms with van der Waals surface area (Å²) in [6.45, 7) is 17.6. The van der Waals surface area contributed by atoms with Gasteiger partial charge in [-0.3, -0.25) is 33.6 Å². The zero-order chi connectivity index (χ0) is 89.4. The first-order valence-electron chi connectivity index (χ1n) is 41.7. The van der Waals surface area contributed by atoms with Gasteiger partial charge in [0.25, 0.3) is 5.91 Å². The Hall–Kier alpha value is -15.8. The Labute approximate surface area is 735 Å². The smallest absolute Gasteiger partial charge is 0.251 e. The van der Waals surface area contributed by atoms with Gasteiger partial charge in [0.1, 0.15) is 22.8 Å². The number of carbonyl (C=O) groups excluding carboxylic acids is 7. The van der Waals surface area contributed by atoms with E-state index >= 15 is 0 Å². The maximum atomic E-state index is 12.3. The number of nitrogens with zero attached hydrogens (tertiary/aromatic N) is 12. The van der Waals surface area contributed by atoms with Crippen LogP contribution < -0.4 is 27.8 Å². The van der Waals surface area contributed by atoms with Gasteiger partial charge in [-0.15, -0.1) is 20.4 Å². The second-order valence-corrected chi connectivity index (χ2v) is 31.5. The Balaban J connectivity index is 0.000000137. The highest BCUT2D eigenvalue weighted by atomic mass is 16.2. The number of Topliss-reactive ketones (excluding diaryl/α,β-unsaturated/α-hetero) is 4. The molecule has 17 rings (SSSR count). The van der Waals surface area contributed by atoms with Gasteiger partial charge in [-0.05, 0) is 284 Å². The normalized spacial score (nSPS) is 11.7. The summed E-state index contributed by atoms with van der Waals surface area (Å²) in [5, 5.41) is 40.6. The molecule has 0 aliphatic carbocycles. The largest absolute Gasteiger partial charge is 0.366 e. The first-order chi connectivity index (χ1) is 61.3. The minimum absolute atomic E-state index is 0.0374. The van der Waals surface area contributed by atoms with E-state index in [9.17, 15) is 33.6 Å². The Kier molecular flexibility index (Phi) is 27.6. The number of primary amides is 2. The van der Waals surface area contributed by atoms with Crippen LogP contribution >= 0.6 is 0 Å². The molecule has 8 N–H and O–H groups in total. The van der Waals surface area contributed by atoms with Gasteiger partial charge in [-0.25, -0.2) is 18.7 Å². The molecule has 1 saturated heterocycles. The molecule has 0 unspecified atom stereocenters. The van der Waals surface area contributed by atoms with E-state index in [2.05, 4.69) is 101 Å². The van der Waals surface area contributed by atoms with E-state index in [1.807, 2.05) is 221 Å². The van der Waals surface area contributed by atoms with Crippen LogP contribution in [0.4, 0.5) is 0 Å². The number of aromatic nitrogens is 12. The average molecular weight is 1680 g/mol. The Morgan fingerprint density at radius 3 is 0.937 bits per heavy atom. The lowest BCUT2D eigenvalue weighted by Crippen LogP contribution is -2.26. The number of amides is 3. The molecule has 3 amide bonds. The number of hydrogen-bond donors (Lipinski definition) is 5. The third-order valence-electron chi connectivity index (χ3n) is 21.9. The number of aryl methyl sites for hydroxylation is 4. The zero-order valence-electron chi connectivity index (χ0n) is 71.7. The van der Waals surface area contributed by atoms with Crippen molar-refractivity contribution in [2.75, 3.05) is 26.2 Å². The van der Waals surface area contributed by atoms with Crippen LogP contribution in [0.1, 0.15) is 153 Å². The van der Waals surface area contributed by atoms with E-state index in [1.165, 1.54) is 61.4 Å². The highest BCUT2D eigenvalue weighted by Crippen LogP contribution is 2.35. The molecule has 127 heavy (non-hydrogen) atoms. The lowest BCUT2D eigenvalue weighted by Gasteiger charge is -2.23. The summed E-state index contributed by atoms with van der Waals surface area (Å²) in [4.78, 5) is 83.7. The number of rotatable bonds is 23. The predicted octanol–water partition coefficient (Wildman–Crippen LogP) is 18.2. The molecule has 4 aromatic heterocycles. The molecule has 0 bridgehead atoms. The lowest BCUT2D eigenvalue weighted by molar-refractivity contribution is 0.0949. The third-order valence-corrected chi connectivity index (χ3v) is 21.9. The summed E-state index contributed by atoms with van der Waals surface area (Å²) in [7, 11) is 0. The van der Waals surface area contributed by atoms with Gasteiger partial charge in [-0.1, -0.05) is 177 Å². The number of piperidine rings is 1. The fourth-order valence-electron chi connectivity index (χ4n) is 14.4.